The van der Waals surface area contributed by atoms with Gasteiger partial charge in [0.15, 0.2) is 0 Å². The lowest BCUT2D eigenvalue weighted by Gasteiger charge is -2.03. The summed E-state index contributed by atoms with van der Waals surface area (Å²) in [6.45, 7) is 0.248. The van der Waals surface area contributed by atoms with Crippen LogP contribution in [0.4, 0.5) is 5.69 Å². The Morgan fingerprint density at radius 2 is 2.04 bits per heavy atom. The number of pyridine rings is 1. The van der Waals surface area contributed by atoms with Crippen LogP contribution in [-0.4, -0.2) is 15.8 Å². The summed E-state index contributed by atoms with van der Waals surface area (Å²) in [6.07, 6.45) is 4.60. The number of nitrogens with zero attached hydrogens (tertiary/aromatic N) is 3. The van der Waals surface area contributed by atoms with E-state index in [1.165, 1.54) is 18.2 Å². The van der Waals surface area contributed by atoms with Gasteiger partial charge < -0.3 is 9.73 Å². The maximum atomic E-state index is 12.2. The topological polar surface area (TPSA) is 122 Å². The number of hydrogen-bond donors (Lipinski definition) is 1. The third-order valence-corrected chi connectivity index (χ3v) is 3.82. The first-order chi connectivity index (χ1) is 13.6. The van der Waals surface area contributed by atoms with Gasteiger partial charge >= 0.3 is 0 Å². The number of non-ortho nitro benzene ring substituents is 1. The summed E-state index contributed by atoms with van der Waals surface area (Å²) >= 11 is 0. The van der Waals surface area contributed by atoms with E-state index >= 15 is 0 Å². The number of nitro benzene ring substituents is 1. The van der Waals surface area contributed by atoms with Crippen molar-refractivity contribution in [1.82, 2.24) is 10.3 Å². The SMILES string of the molecule is N#C/C(=C\c1ccc(-c2ccc([N+](=O)[O-])cc2)o1)C(=O)NCc1cccnc1. The number of rotatable bonds is 6. The molecule has 28 heavy (non-hydrogen) atoms. The van der Waals surface area contributed by atoms with E-state index in [2.05, 4.69) is 10.3 Å². The second kappa shape index (κ2) is 8.42. The van der Waals surface area contributed by atoms with Gasteiger partial charge in [-0.3, -0.25) is 19.9 Å². The molecule has 0 unspecified atom stereocenters. The van der Waals surface area contributed by atoms with Gasteiger partial charge in [-0.05, 0) is 35.9 Å². The van der Waals surface area contributed by atoms with Crippen LogP contribution in [0.5, 0.6) is 0 Å². The van der Waals surface area contributed by atoms with E-state index in [9.17, 15) is 20.2 Å². The molecule has 0 aliphatic rings. The van der Waals surface area contributed by atoms with Crippen LogP contribution in [0.3, 0.4) is 0 Å². The molecule has 8 heteroatoms. The first-order valence-electron chi connectivity index (χ1n) is 8.20. The van der Waals surface area contributed by atoms with Gasteiger partial charge in [-0.15, -0.1) is 0 Å². The smallest absolute Gasteiger partial charge is 0.269 e. The summed E-state index contributed by atoms with van der Waals surface area (Å²) in [5, 5.41) is 22.6. The van der Waals surface area contributed by atoms with Crippen molar-refractivity contribution >= 4 is 17.7 Å². The molecule has 138 valence electrons. The third-order valence-electron chi connectivity index (χ3n) is 3.82. The Morgan fingerprint density at radius 3 is 2.68 bits per heavy atom. The van der Waals surface area contributed by atoms with Crippen molar-refractivity contribution in [3.63, 3.8) is 0 Å². The largest absolute Gasteiger partial charge is 0.457 e. The molecular formula is C20H14N4O4. The number of amides is 1. The molecule has 2 aromatic heterocycles. The fourth-order valence-electron chi connectivity index (χ4n) is 2.40. The molecule has 0 fully saturated rings. The van der Waals surface area contributed by atoms with Crippen molar-refractivity contribution < 1.29 is 14.1 Å². The molecule has 0 saturated carbocycles. The first-order valence-corrected chi connectivity index (χ1v) is 8.20. The maximum Gasteiger partial charge on any atom is 0.269 e. The predicted molar refractivity (Wildman–Crippen MR) is 100 cm³/mol. The van der Waals surface area contributed by atoms with E-state index in [4.69, 9.17) is 4.42 Å². The second-order valence-electron chi connectivity index (χ2n) is 5.72. The molecule has 0 spiro atoms. The van der Waals surface area contributed by atoms with Gasteiger partial charge in [0.1, 0.15) is 23.2 Å². The van der Waals surface area contributed by atoms with Gasteiger partial charge in [-0.25, -0.2) is 0 Å². The minimum absolute atomic E-state index is 0.0209. The molecule has 0 saturated heterocycles. The number of nitriles is 1. The van der Waals surface area contributed by atoms with E-state index in [0.717, 1.165) is 5.56 Å². The number of carbonyl (C=O) groups is 1. The first kappa shape index (κ1) is 18.5. The van der Waals surface area contributed by atoms with Crippen LogP contribution in [0.25, 0.3) is 17.4 Å². The Kier molecular flexibility index (Phi) is 5.58. The zero-order chi connectivity index (χ0) is 19.9. The Morgan fingerprint density at radius 1 is 1.25 bits per heavy atom. The number of nitrogens with one attached hydrogen (secondary N) is 1. The van der Waals surface area contributed by atoms with Crippen LogP contribution in [0.1, 0.15) is 11.3 Å². The lowest BCUT2D eigenvalue weighted by Crippen LogP contribution is -2.23. The molecule has 3 rings (SSSR count). The number of furan rings is 1. The van der Waals surface area contributed by atoms with Crippen LogP contribution in [0, 0.1) is 21.4 Å². The Bertz CT molecular complexity index is 1060. The van der Waals surface area contributed by atoms with Crippen LogP contribution < -0.4 is 5.32 Å². The minimum Gasteiger partial charge on any atom is -0.457 e. The summed E-state index contributed by atoms with van der Waals surface area (Å²) in [5.41, 5.74) is 1.33. The predicted octanol–water partition coefficient (Wildman–Crippen LogP) is 3.47. The van der Waals surface area contributed by atoms with E-state index in [0.29, 0.717) is 17.1 Å². The van der Waals surface area contributed by atoms with Crippen LogP contribution in [0.15, 0.2) is 70.9 Å². The highest BCUT2D eigenvalue weighted by Crippen LogP contribution is 2.25. The summed E-state index contributed by atoms with van der Waals surface area (Å²) in [5.74, 6) is 0.260. The molecule has 8 nitrogen and oxygen atoms in total. The van der Waals surface area contributed by atoms with Crippen molar-refractivity contribution in [3.8, 4) is 17.4 Å². The summed E-state index contributed by atoms with van der Waals surface area (Å²) in [4.78, 5) is 26.4. The lowest BCUT2D eigenvalue weighted by atomic mass is 10.1. The number of carbonyl (C=O) groups excluding carboxylic acids is 1. The average Bonchev–Trinajstić information content (AvgIpc) is 3.19. The average molecular weight is 374 g/mol. The fraction of sp³-hybridized carbons (Fsp3) is 0.0500. The molecule has 0 bridgehead atoms. The van der Waals surface area contributed by atoms with Crippen molar-refractivity contribution in [2.75, 3.05) is 0 Å². The Labute approximate surface area is 159 Å². The molecule has 0 atom stereocenters. The minimum atomic E-state index is -0.528. The molecule has 1 aromatic carbocycles. The van der Waals surface area contributed by atoms with E-state index < -0.39 is 10.8 Å². The van der Waals surface area contributed by atoms with Crippen LogP contribution in [0.2, 0.25) is 0 Å². The molecule has 2 heterocycles. The zero-order valence-electron chi connectivity index (χ0n) is 14.5. The van der Waals surface area contributed by atoms with Gasteiger partial charge in [0, 0.05) is 42.7 Å². The van der Waals surface area contributed by atoms with Gasteiger partial charge in [0.2, 0.25) is 0 Å². The van der Waals surface area contributed by atoms with Crippen molar-refractivity contribution in [3.05, 3.63) is 87.9 Å². The van der Waals surface area contributed by atoms with Crippen molar-refractivity contribution in [2.45, 2.75) is 6.54 Å². The molecule has 1 amide bonds. The van der Waals surface area contributed by atoms with E-state index in [1.54, 1.807) is 42.7 Å². The van der Waals surface area contributed by atoms with Gasteiger partial charge in [0.05, 0.1) is 4.92 Å². The van der Waals surface area contributed by atoms with E-state index in [-0.39, 0.29) is 17.8 Å². The summed E-state index contributed by atoms with van der Waals surface area (Å²) in [7, 11) is 0. The lowest BCUT2D eigenvalue weighted by molar-refractivity contribution is -0.384. The van der Waals surface area contributed by atoms with Crippen LogP contribution >= 0.6 is 0 Å². The fourth-order valence-corrected chi connectivity index (χ4v) is 2.40. The quantitative estimate of drug-likeness (QED) is 0.305. The normalized spacial score (nSPS) is 10.9. The Hall–Kier alpha value is -4.25. The molecular weight excluding hydrogens is 360 g/mol. The monoisotopic (exact) mass is 374 g/mol. The summed E-state index contributed by atoms with van der Waals surface area (Å²) < 4.78 is 5.63. The third kappa shape index (κ3) is 4.47. The van der Waals surface area contributed by atoms with Gasteiger partial charge in [-0.1, -0.05) is 6.07 Å². The maximum absolute atomic E-state index is 12.2. The highest BCUT2D eigenvalue weighted by molar-refractivity contribution is 6.01. The number of benzene rings is 1. The standard InChI is InChI=1S/C20H14N4O4/c21-11-16(20(25)23-13-14-2-1-9-22-12-14)10-18-7-8-19(28-18)15-3-5-17(6-4-15)24(26)27/h1-10,12H,13H2,(H,23,25)/b16-10+. The van der Waals surface area contributed by atoms with E-state index in [1.807, 2.05) is 12.1 Å². The molecule has 0 radical (unpaired) electrons. The van der Waals surface area contributed by atoms with Crippen molar-refractivity contribution in [2.24, 2.45) is 0 Å². The summed E-state index contributed by atoms with van der Waals surface area (Å²) in [6, 6.07) is 14.6. The zero-order valence-corrected chi connectivity index (χ0v) is 14.5. The molecule has 3 aromatic rings. The molecule has 1 N–H and O–H groups in total. The van der Waals surface area contributed by atoms with Gasteiger partial charge in [-0.2, -0.15) is 5.26 Å². The second-order valence-corrected chi connectivity index (χ2v) is 5.72. The highest BCUT2D eigenvalue weighted by Gasteiger charge is 2.12. The number of aromatic nitrogens is 1. The van der Waals surface area contributed by atoms with Crippen molar-refractivity contribution in [1.29, 1.82) is 5.26 Å². The van der Waals surface area contributed by atoms with Gasteiger partial charge in [0.25, 0.3) is 11.6 Å². The number of nitro groups is 1. The molecule has 0 aliphatic carbocycles. The highest BCUT2D eigenvalue weighted by atomic mass is 16.6. The molecule has 0 aliphatic heterocycles. The Balaban J connectivity index is 1.72. The van der Waals surface area contributed by atoms with Crippen LogP contribution in [-0.2, 0) is 11.3 Å². The number of hydrogen-bond acceptors (Lipinski definition) is 6.